The number of hydrogen-bond acceptors (Lipinski definition) is 5. The topological polar surface area (TPSA) is 104 Å². The Balaban J connectivity index is 2.08. The van der Waals surface area contributed by atoms with Crippen LogP contribution in [-0.4, -0.2) is 34.1 Å². The number of fused-ring (bicyclic) bond motifs is 1. The van der Waals surface area contributed by atoms with Crippen LogP contribution < -0.4 is 10.4 Å². The quantitative estimate of drug-likeness (QED) is 0.293. The van der Waals surface area contributed by atoms with Crippen LogP contribution in [0.1, 0.15) is 42.2 Å². The Morgan fingerprint density at radius 3 is 2.51 bits per heavy atom. The first-order valence-corrected chi connectivity index (χ1v) is 11.4. The Bertz CT molecular complexity index is 1720. The van der Waals surface area contributed by atoms with E-state index in [-0.39, 0.29) is 34.3 Å². The molecule has 1 aromatic heterocycles. The zero-order chi connectivity index (χ0) is 28.6. The lowest BCUT2D eigenvalue weighted by Crippen LogP contribution is -2.24. The van der Waals surface area contributed by atoms with Gasteiger partial charge in [0.05, 0.1) is 34.2 Å². The average molecular weight is 557 g/mol. The average Bonchev–Trinajstić information content (AvgIpc) is 3.26. The number of benzene rings is 3. The monoisotopic (exact) mass is 556 g/mol. The number of aromatic carboxylic acids is 1. The number of aromatic nitrogens is 2. The van der Waals surface area contributed by atoms with Gasteiger partial charge in [-0.05, 0) is 42.8 Å². The molecule has 0 fully saturated rings. The maximum Gasteiger partial charge on any atom is 0.417 e. The van der Waals surface area contributed by atoms with Crippen molar-refractivity contribution in [2.75, 3.05) is 6.54 Å². The molecular formula is C27H15ClF4N3O4-. The molecule has 3 aromatic carbocycles. The molecule has 0 unspecified atom stereocenters. The predicted octanol–water partition coefficient (Wildman–Crippen LogP) is 4.24. The van der Waals surface area contributed by atoms with Gasteiger partial charge in [0.1, 0.15) is 11.5 Å². The van der Waals surface area contributed by atoms with Crippen LogP contribution in [0.25, 0.3) is 22.2 Å². The van der Waals surface area contributed by atoms with Crippen molar-refractivity contribution in [3.8, 4) is 23.6 Å². The Labute approximate surface area is 223 Å². The van der Waals surface area contributed by atoms with E-state index in [0.717, 1.165) is 24.3 Å². The van der Waals surface area contributed by atoms with Crippen LogP contribution in [0.3, 0.4) is 0 Å². The number of terminal acetylenes is 1. The fourth-order valence-corrected chi connectivity index (χ4v) is 4.25. The summed E-state index contributed by atoms with van der Waals surface area (Å²) >= 11 is 6.02. The second-order valence-corrected chi connectivity index (χ2v) is 8.66. The number of alkyl halides is 3. The summed E-state index contributed by atoms with van der Waals surface area (Å²) in [5, 5.41) is 17.7. The van der Waals surface area contributed by atoms with E-state index >= 15 is 4.39 Å². The summed E-state index contributed by atoms with van der Waals surface area (Å²) in [5.41, 5.74) is -4.09. The Morgan fingerprint density at radius 1 is 1.15 bits per heavy atom. The van der Waals surface area contributed by atoms with E-state index in [1.165, 1.54) is 25.1 Å². The van der Waals surface area contributed by atoms with Crippen molar-refractivity contribution >= 4 is 40.3 Å². The van der Waals surface area contributed by atoms with E-state index < -0.39 is 57.1 Å². The molecule has 1 heterocycles. The number of carboxylic acids is 1. The molecule has 0 saturated heterocycles. The number of halogens is 5. The van der Waals surface area contributed by atoms with Crippen molar-refractivity contribution in [3.05, 3.63) is 87.2 Å². The van der Waals surface area contributed by atoms with Crippen LogP contribution in [-0.2, 0) is 6.18 Å². The summed E-state index contributed by atoms with van der Waals surface area (Å²) in [6, 6.07) is 8.67. The molecule has 0 atom stereocenters. The van der Waals surface area contributed by atoms with Gasteiger partial charge in [-0.2, -0.15) is 23.0 Å². The summed E-state index contributed by atoms with van der Waals surface area (Å²) < 4.78 is 57.2. The van der Waals surface area contributed by atoms with E-state index in [4.69, 9.17) is 18.0 Å². The highest BCUT2D eigenvalue weighted by molar-refractivity contribution is 6.34. The smallest absolute Gasteiger partial charge is 0.417 e. The minimum atomic E-state index is -4.98. The van der Waals surface area contributed by atoms with Crippen molar-refractivity contribution in [1.82, 2.24) is 15.1 Å². The Hall–Kier alpha value is -4.69. The van der Waals surface area contributed by atoms with Gasteiger partial charge in [0.2, 0.25) is 0 Å². The molecule has 0 spiro atoms. The number of carboxylic acid groups (broad SMARTS) is 1. The molecule has 0 bridgehead atoms. The van der Waals surface area contributed by atoms with Crippen LogP contribution in [0.2, 0.25) is 5.02 Å². The van der Waals surface area contributed by atoms with Gasteiger partial charge in [-0.3, -0.25) is 9.59 Å². The van der Waals surface area contributed by atoms with Gasteiger partial charge in [-0.25, -0.2) is 4.39 Å². The zero-order valence-corrected chi connectivity index (χ0v) is 20.6. The predicted molar refractivity (Wildman–Crippen MR) is 132 cm³/mol. The number of nitrogens with zero attached hydrogens (tertiary/aromatic N) is 2. The summed E-state index contributed by atoms with van der Waals surface area (Å²) in [7, 11) is 0. The number of nitrogens with one attached hydrogen (secondary N) is 1. The van der Waals surface area contributed by atoms with Gasteiger partial charge in [-0.1, -0.05) is 35.7 Å². The fraction of sp³-hybridized carbons (Fsp3) is 0.111. The highest BCUT2D eigenvalue weighted by Crippen LogP contribution is 2.38. The first-order valence-electron chi connectivity index (χ1n) is 11.0. The van der Waals surface area contributed by atoms with Crippen molar-refractivity contribution in [2.24, 2.45) is 0 Å². The number of hydrogen-bond donors (Lipinski definition) is 1. The minimum absolute atomic E-state index is 0.0276. The fourth-order valence-electron chi connectivity index (χ4n) is 3.99. The Morgan fingerprint density at radius 2 is 1.87 bits per heavy atom. The minimum Gasteiger partial charge on any atom is -0.545 e. The van der Waals surface area contributed by atoms with Gasteiger partial charge < -0.3 is 15.2 Å². The van der Waals surface area contributed by atoms with Gasteiger partial charge in [-0.15, -0.1) is 6.42 Å². The van der Waals surface area contributed by atoms with Crippen molar-refractivity contribution in [3.63, 3.8) is 0 Å². The zero-order valence-electron chi connectivity index (χ0n) is 19.8. The summed E-state index contributed by atoms with van der Waals surface area (Å²) in [6.45, 7) is 1.22. The number of carbonyl (C=O) groups excluding carboxylic acids is 3. The molecular weight excluding hydrogens is 542 g/mol. The van der Waals surface area contributed by atoms with E-state index in [1.54, 1.807) is 0 Å². The van der Waals surface area contributed by atoms with Crippen LogP contribution in [0, 0.1) is 25.1 Å². The molecule has 0 aliphatic heterocycles. The molecule has 7 nitrogen and oxygen atoms in total. The first-order chi connectivity index (χ1) is 18.4. The highest BCUT2D eigenvalue weighted by Gasteiger charge is 2.37. The molecule has 4 rings (SSSR count). The largest absolute Gasteiger partial charge is 0.545 e. The third-order valence-corrected chi connectivity index (χ3v) is 6.13. The number of amides is 1. The molecule has 0 saturated carbocycles. The lowest BCUT2D eigenvalue weighted by molar-refractivity contribution is -0.255. The molecule has 1 amide bonds. The van der Waals surface area contributed by atoms with Crippen LogP contribution in [0.15, 0.2) is 48.5 Å². The van der Waals surface area contributed by atoms with Gasteiger partial charge in [0.25, 0.3) is 11.8 Å². The maximum absolute atomic E-state index is 15.3. The maximum atomic E-state index is 15.3. The highest BCUT2D eigenvalue weighted by atomic mass is 35.5. The van der Waals surface area contributed by atoms with Gasteiger partial charge in [0, 0.05) is 22.1 Å². The van der Waals surface area contributed by atoms with Gasteiger partial charge >= 0.3 is 6.18 Å². The van der Waals surface area contributed by atoms with Gasteiger partial charge in [0.15, 0.2) is 0 Å². The molecule has 0 aliphatic carbocycles. The number of aryl methyl sites for hydroxylation is 1. The van der Waals surface area contributed by atoms with Crippen molar-refractivity contribution in [1.29, 1.82) is 0 Å². The third kappa shape index (κ3) is 4.94. The second kappa shape index (κ2) is 10.2. The Kier molecular flexibility index (Phi) is 7.17. The van der Waals surface area contributed by atoms with E-state index in [9.17, 15) is 32.7 Å². The van der Waals surface area contributed by atoms with Crippen LogP contribution >= 0.6 is 11.6 Å². The van der Waals surface area contributed by atoms with Crippen molar-refractivity contribution in [2.45, 2.75) is 13.1 Å². The molecule has 39 heavy (non-hydrogen) atoms. The molecule has 0 radical (unpaired) electrons. The van der Waals surface area contributed by atoms with E-state index in [1.807, 2.05) is 0 Å². The van der Waals surface area contributed by atoms with Crippen molar-refractivity contribution < 1.29 is 37.1 Å². The SMILES string of the molecule is C#CCNC(=O)c1ccc2c(-c3c(C(=O)[O-])ccc(C)c3F)nn(C(=O)c3c(Cl)cccc3C(F)(F)F)c2c1. The second-order valence-electron chi connectivity index (χ2n) is 8.25. The molecule has 4 aromatic rings. The number of rotatable bonds is 5. The normalized spacial score (nSPS) is 11.3. The summed E-state index contributed by atoms with van der Waals surface area (Å²) in [4.78, 5) is 37.9. The molecule has 198 valence electrons. The molecule has 1 N–H and O–H groups in total. The van der Waals surface area contributed by atoms with E-state index in [0.29, 0.717) is 10.7 Å². The van der Waals surface area contributed by atoms with E-state index in [2.05, 4.69) is 16.3 Å². The first kappa shape index (κ1) is 27.3. The lowest BCUT2D eigenvalue weighted by atomic mass is 9.98. The molecule has 12 heteroatoms. The van der Waals surface area contributed by atoms with Crippen LogP contribution in [0.5, 0.6) is 0 Å². The summed E-state index contributed by atoms with van der Waals surface area (Å²) in [5.74, 6) is -2.58. The number of carbonyl (C=O) groups is 3. The van der Waals surface area contributed by atoms with Crippen LogP contribution in [0.4, 0.5) is 17.6 Å². The standard InChI is InChI=1S/C27H16ClF4N3O4/c1-3-11-33-24(36)14-8-10-15-19(12-14)35(25(37)21-17(27(30,31)32)5-4-6-18(21)28)34-23(15)20-16(26(38)39)9-7-13(2)22(20)29/h1,4-10,12H,11H2,2H3,(H,33,36)(H,38,39)/p-1. The summed E-state index contributed by atoms with van der Waals surface area (Å²) in [6.07, 6.45) is 0.174. The lowest BCUT2D eigenvalue weighted by Gasteiger charge is -2.14. The molecule has 0 aliphatic rings. The third-order valence-electron chi connectivity index (χ3n) is 5.81.